The van der Waals surface area contributed by atoms with Crippen LogP contribution in [-0.4, -0.2) is 0 Å². The van der Waals surface area contributed by atoms with Crippen LogP contribution in [0.4, 0.5) is 0 Å². The van der Waals surface area contributed by atoms with Gasteiger partial charge in [-0.1, -0.05) is 41.9 Å². The van der Waals surface area contributed by atoms with Crippen molar-refractivity contribution >= 4 is 11.6 Å². The molecule has 0 saturated heterocycles. The maximum absolute atomic E-state index is 6.14. The number of rotatable bonds is 1. The van der Waals surface area contributed by atoms with Crippen molar-refractivity contribution in [3.8, 4) is 11.1 Å². The normalized spacial score (nSPS) is 10.3. The van der Waals surface area contributed by atoms with Gasteiger partial charge in [0.25, 0.3) is 0 Å². The number of benzene rings is 2. The molecule has 0 aliphatic heterocycles. The van der Waals surface area contributed by atoms with Gasteiger partial charge in [0.15, 0.2) is 0 Å². The van der Waals surface area contributed by atoms with E-state index in [-0.39, 0.29) is 0 Å². The van der Waals surface area contributed by atoms with Crippen molar-refractivity contribution in [3.05, 3.63) is 58.6 Å². The van der Waals surface area contributed by atoms with Gasteiger partial charge in [-0.25, -0.2) is 0 Å². The summed E-state index contributed by atoms with van der Waals surface area (Å²) in [7, 11) is 0. The molecular weight excluding hydrogens is 204 g/mol. The Morgan fingerprint density at radius 3 is 1.87 bits per heavy atom. The van der Waals surface area contributed by atoms with Crippen LogP contribution in [0.3, 0.4) is 0 Å². The summed E-state index contributed by atoms with van der Waals surface area (Å²) in [6.07, 6.45) is 0. The van der Waals surface area contributed by atoms with E-state index in [1.54, 1.807) is 0 Å². The zero-order valence-corrected chi connectivity index (χ0v) is 9.68. The van der Waals surface area contributed by atoms with E-state index in [2.05, 4.69) is 36.4 Å². The molecular formula is C14H13Cl. The number of halogens is 1. The van der Waals surface area contributed by atoms with Crippen LogP contribution in [0.1, 0.15) is 11.1 Å². The Bertz CT molecular complexity index is 449. The molecule has 0 saturated carbocycles. The van der Waals surface area contributed by atoms with Gasteiger partial charge >= 0.3 is 0 Å². The molecule has 0 atom stereocenters. The molecule has 0 aliphatic carbocycles. The molecule has 0 bridgehead atoms. The lowest BCUT2D eigenvalue weighted by Gasteiger charge is -2.07. The SMILES string of the molecule is Cc1cc(-c2ccccc2)cc(C)c1Cl. The minimum absolute atomic E-state index is 0.870. The predicted molar refractivity (Wildman–Crippen MR) is 66.4 cm³/mol. The number of aryl methyl sites for hydroxylation is 2. The summed E-state index contributed by atoms with van der Waals surface area (Å²) in [5.41, 5.74) is 4.74. The van der Waals surface area contributed by atoms with Crippen molar-refractivity contribution in [2.75, 3.05) is 0 Å². The second kappa shape index (κ2) is 4.08. The Morgan fingerprint density at radius 2 is 1.33 bits per heavy atom. The van der Waals surface area contributed by atoms with Gasteiger partial charge < -0.3 is 0 Å². The van der Waals surface area contributed by atoms with E-state index < -0.39 is 0 Å². The van der Waals surface area contributed by atoms with E-state index in [0.29, 0.717) is 0 Å². The third kappa shape index (κ3) is 2.05. The van der Waals surface area contributed by atoms with Crippen LogP contribution < -0.4 is 0 Å². The molecule has 0 heterocycles. The molecule has 2 rings (SSSR count). The molecule has 0 N–H and O–H groups in total. The van der Waals surface area contributed by atoms with Crippen LogP contribution in [0.15, 0.2) is 42.5 Å². The maximum Gasteiger partial charge on any atom is 0.0464 e. The number of hydrogen-bond donors (Lipinski definition) is 0. The molecule has 0 unspecified atom stereocenters. The molecule has 2 aromatic rings. The molecule has 0 aliphatic rings. The summed E-state index contributed by atoms with van der Waals surface area (Å²) in [5.74, 6) is 0. The van der Waals surface area contributed by atoms with E-state index in [9.17, 15) is 0 Å². The third-order valence-electron chi connectivity index (χ3n) is 2.54. The van der Waals surface area contributed by atoms with Gasteiger partial charge in [-0.15, -0.1) is 0 Å². The third-order valence-corrected chi connectivity index (χ3v) is 3.14. The first-order valence-corrected chi connectivity index (χ1v) is 5.38. The summed E-state index contributed by atoms with van der Waals surface area (Å²) < 4.78 is 0. The highest BCUT2D eigenvalue weighted by molar-refractivity contribution is 6.32. The van der Waals surface area contributed by atoms with E-state index in [4.69, 9.17) is 11.6 Å². The van der Waals surface area contributed by atoms with Crippen LogP contribution in [0.25, 0.3) is 11.1 Å². The highest BCUT2D eigenvalue weighted by atomic mass is 35.5. The summed E-state index contributed by atoms with van der Waals surface area (Å²) in [5, 5.41) is 0.870. The quantitative estimate of drug-likeness (QED) is 0.652. The van der Waals surface area contributed by atoms with Crippen LogP contribution in [-0.2, 0) is 0 Å². The second-order valence-electron chi connectivity index (χ2n) is 3.79. The van der Waals surface area contributed by atoms with Crippen molar-refractivity contribution in [2.45, 2.75) is 13.8 Å². The fraction of sp³-hybridized carbons (Fsp3) is 0.143. The molecule has 1 heteroatoms. The van der Waals surface area contributed by atoms with E-state index in [0.717, 1.165) is 16.1 Å². The summed E-state index contributed by atoms with van der Waals surface area (Å²) >= 11 is 6.14. The highest BCUT2D eigenvalue weighted by Crippen LogP contribution is 2.27. The molecule has 0 aromatic heterocycles. The van der Waals surface area contributed by atoms with Crippen molar-refractivity contribution in [1.82, 2.24) is 0 Å². The monoisotopic (exact) mass is 216 g/mol. The standard InChI is InChI=1S/C14H13Cl/c1-10-8-13(9-11(2)14(10)15)12-6-4-3-5-7-12/h3-9H,1-2H3. The molecule has 0 amide bonds. The smallest absolute Gasteiger partial charge is 0.0464 e. The molecule has 0 spiro atoms. The summed E-state index contributed by atoms with van der Waals surface area (Å²) in [6, 6.07) is 14.6. The lowest BCUT2D eigenvalue weighted by atomic mass is 10.0. The van der Waals surface area contributed by atoms with Gasteiger partial charge in [0, 0.05) is 5.02 Å². The molecule has 0 radical (unpaired) electrons. The zero-order chi connectivity index (χ0) is 10.8. The lowest BCUT2D eigenvalue weighted by Crippen LogP contribution is -1.84. The molecule has 0 fully saturated rings. The number of hydrogen-bond acceptors (Lipinski definition) is 0. The molecule has 2 aromatic carbocycles. The first kappa shape index (κ1) is 10.3. The Hall–Kier alpha value is -1.27. The van der Waals surface area contributed by atoms with Crippen LogP contribution in [0.2, 0.25) is 5.02 Å². The van der Waals surface area contributed by atoms with Gasteiger partial charge in [-0.2, -0.15) is 0 Å². The lowest BCUT2D eigenvalue weighted by molar-refractivity contribution is 1.38. The first-order chi connectivity index (χ1) is 7.18. The molecule has 76 valence electrons. The average molecular weight is 217 g/mol. The van der Waals surface area contributed by atoms with E-state index in [1.165, 1.54) is 11.1 Å². The second-order valence-corrected chi connectivity index (χ2v) is 4.17. The Kier molecular flexibility index (Phi) is 2.79. The van der Waals surface area contributed by atoms with Crippen LogP contribution in [0.5, 0.6) is 0 Å². The van der Waals surface area contributed by atoms with Crippen molar-refractivity contribution < 1.29 is 0 Å². The average Bonchev–Trinajstić information content (AvgIpc) is 2.26. The van der Waals surface area contributed by atoms with Crippen molar-refractivity contribution in [1.29, 1.82) is 0 Å². The Labute approximate surface area is 95.5 Å². The van der Waals surface area contributed by atoms with Crippen molar-refractivity contribution in [2.24, 2.45) is 0 Å². The van der Waals surface area contributed by atoms with Gasteiger partial charge in [-0.05, 0) is 48.2 Å². The maximum atomic E-state index is 6.14. The largest absolute Gasteiger partial charge is 0.0838 e. The van der Waals surface area contributed by atoms with Crippen LogP contribution >= 0.6 is 11.6 Å². The fourth-order valence-electron chi connectivity index (χ4n) is 1.74. The fourth-order valence-corrected chi connectivity index (χ4v) is 1.85. The summed E-state index contributed by atoms with van der Waals surface area (Å²) in [6.45, 7) is 4.09. The van der Waals surface area contributed by atoms with Gasteiger partial charge in [-0.3, -0.25) is 0 Å². The zero-order valence-electron chi connectivity index (χ0n) is 8.92. The van der Waals surface area contributed by atoms with Crippen LogP contribution in [0, 0.1) is 13.8 Å². The summed E-state index contributed by atoms with van der Waals surface area (Å²) in [4.78, 5) is 0. The van der Waals surface area contributed by atoms with E-state index >= 15 is 0 Å². The van der Waals surface area contributed by atoms with Gasteiger partial charge in [0.1, 0.15) is 0 Å². The minimum atomic E-state index is 0.870. The van der Waals surface area contributed by atoms with E-state index in [1.807, 2.05) is 19.9 Å². The topological polar surface area (TPSA) is 0 Å². The van der Waals surface area contributed by atoms with Crippen molar-refractivity contribution in [3.63, 3.8) is 0 Å². The highest BCUT2D eigenvalue weighted by Gasteiger charge is 2.03. The van der Waals surface area contributed by atoms with Gasteiger partial charge in [0.2, 0.25) is 0 Å². The minimum Gasteiger partial charge on any atom is -0.0838 e. The van der Waals surface area contributed by atoms with Gasteiger partial charge in [0.05, 0.1) is 0 Å². The molecule has 15 heavy (non-hydrogen) atoms. The predicted octanol–water partition coefficient (Wildman–Crippen LogP) is 4.62. The Morgan fingerprint density at radius 1 is 0.800 bits per heavy atom. The first-order valence-electron chi connectivity index (χ1n) is 5.00. The molecule has 0 nitrogen and oxygen atoms in total. The Balaban J connectivity index is 2.56.